The van der Waals surface area contributed by atoms with Gasteiger partial charge in [0, 0.05) is 11.8 Å². The first kappa shape index (κ1) is 16.8. The summed E-state index contributed by atoms with van der Waals surface area (Å²) in [4.78, 5) is 0. The Kier molecular flexibility index (Phi) is 6.29. The third-order valence-corrected chi connectivity index (χ3v) is 4.97. The van der Waals surface area contributed by atoms with Crippen molar-refractivity contribution in [2.45, 2.75) is 19.4 Å². The van der Waals surface area contributed by atoms with Crippen LogP contribution in [0.15, 0.2) is 18.2 Å². The van der Waals surface area contributed by atoms with Crippen molar-refractivity contribution in [1.29, 1.82) is 0 Å². The van der Waals surface area contributed by atoms with E-state index < -0.39 is 9.84 Å². The molecule has 1 aromatic rings. The molecule has 114 valence electrons. The fourth-order valence-corrected chi connectivity index (χ4v) is 3.72. The largest absolute Gasteiger partial charge is 0.493 e. The summed E-state index contributed by atoms with van der Waals surface area (Å²) in [6.45, 7) is 1.86. The number of rotatable bonds is 8. The lowest BCUT2D eigenvalue weighted by Gasteiger charge is -2.18. The topological polar surface area (TPSA) is 64.6 Å². The zero-order valence-corrected chi connectivity index (χ0v) is 13.3. The van der Waals surface area contributed by atoms with Crippen LogP contribution in [-0.4, -0.2) is 41.2 Å². The van der Waals surface area contributed by atoms with Crippen molar-refractivity contribution < 1.29 is 17.9 Å². The Morgan fingerprint density at radius 2 is 1.85 bits per heavy atom. The van der Waals surface area contributed by atoms with E-state index in [1.807, 2.05) is 19.1 Å². The van der Waals surface area contributed by atoms with Crippen molar-refractivity contribution in [1.82, 2.24) is 5.32 Å². The van der Waals surface area contributed by atoms with Gasteiger partial charge in [-0.05, 0) is 31.2 Å². The Balaban J connectivity index is 3.01. The van der Waals surface area contributed by atoms with E-state index in [1.165, 1.54) is 0 Å². The highest BCUT2D eigenvalue weighted by Gasteiger charge is 2.20. The van der Waals surface area contributed by atoms with Gasteiger partial charge >= 0.3 is 0 Å². The molecule has 0 amide bonds. The average molecular weight is 301 g/mol. The quantitative estimate of drug-likeness (QED) is 0.793. The van der Waals surface area contributed by atoms with Gasteiger partial charge in [0.25, 0.3) is 0 Å². The number of methoxy groups -OCH3 is 2. The minimum atomic E-state index is -3.06. The minimum absolute atomic E-state index is 0.0762. The number of benzene rings is 1. The third-order valence-electron chi connectivity index (χ3n) is 3.09. The summed E-state index contributed by atoms with van der Waals surface area (Å²) in [5.41, 5.74) is 0.866. The van der Waals surface area contributed by atoms with Gasteiger partial charge in [-0.25, -0.2) is 8.42 Å². The molecule has 1 atom stereocenters. The second-order valence-electron chi connectivity index (χ2n) is 4.57. The van der Waals surface area contributed by atoms with Gasteiger partial charge in [0.1, 0.15) is 0 Å². The summed E-state index contributed by atoms with van der Waals surface area (Å²) in [5.74, 6) is 1.51. The molecule has 0 saturated carbocycles. The zero-order valence-electron chi connectivity index (χ0n) is 12.5. The molecule has 0 aliphatic carbocycles. The van der Waals surface area contributed by atoms with Crippen molar-refractivity contribution in [3.8, 4) is 11.5 Å². The van der Waals surface area contributed by atoms with Crippen molar-refractivity contribution in [2.24, 2.45) is 0 Å². The van der Waals surface area contributed by atoms with Crippen LogP contribution in [0.5, 0.6) is 11.5 Å². The molecular formula is C14H23NO4S. The monoisotopic (exact) mass is 301 g/mol. The predicted molar refractivity (Wildman–Crippen MR) is 80.3 cm³/mol. The molecule has 20 heavy (non-hydrogen) atoms. The number of ether oxygens (including phenoxy) is 2. The second kappa shape index (κ2) is 7.50. The lowest BCUT2D eigenvalue weighted by atomic mass is 10.1. The average Bonchev–Trinajstić information content (AvgIpc) is 2.44. The van der Waals surface area contributed by atoms with Crippen LogP contribution in [0.25, 0.3) is 0 Å². The van der Waals surface area contributed by atoms with Gasteiger partial charge in [-0.2, -0.15) is 0 Å². The Labute approximate surface area is 121 Å². The molecule has 1 unspecified atom stereocenters. The van der Waals surface area contributed by atoms with Crippen molar-refractivity contribution >= 4 is 9.84 Å². The molecular weight excluding hydrogens is 278 g/mol. The SMILES string of the molecule is CCCS(=O)(=O)CC(NC)c1ccc(OC)c(OC)c1. The summed E-state index contributed by atoms with van der Waals surface area (Å²) in [6.07, 6.45) is 0.630. The number of sulfone groups is 1. The highest BCUT2D eigenvalue weighted by atomic mass is 32.2. The van der Waals surface area contributed by atoms with Gasteiger partial charge in [-0.1, -0.05) is 13.0 Å². The molecule has 0 fully saturated rings. The van der Waals surface area contributed by atoms with E-state index in [2.05, 4.69) is 5.32 Å². The van der Waals surface area contributed by atoms with Gasteiger partial charge in [-0.3, -0.25) is 0 Å². The van der Waals surface area contributed by atoms with E-state index in [0.29, 0.717) is 17.9 Å². The normalized spacial score (nSPS) is 13.0. The summed E-state index contributed by atoms with van der Waals surface area (Å²) < 4.78 is 34.3. The summed E-state index contributed by atoms with van der Waals surface area (Å²) in [7, 11) is 1.82. The molecule has 0 saturated heterocycles. The van der Waals surface area contributed by atoms with E-state index in [4.69, 9.17) is 9.47 Å². The molecule has 1 rings (SSSR count). The fraction of sp³-hybridized carbons (Fsp3) is 0.571. The van der Waals surface area contributed by atoms with Crippen molar-refractivity contribution in [3.05, 3.63) is 23.8 Å². The van der Waals surface area contributed by atoms with E-state index >= 15 is 0 Å². The van der Waals surface area contributed by atoms with Gasteiger partial charge < -0.3 is 14.8 Å². The molecule has 0 bridgehead atoms. The fourth-order valence-electron chi connectivity index (χ4n) is 2.06. The van der Waals surface area contributed by atoms with Gasteiger partial charge in [0.2, 0.25) is 0 Å². The highest BCUT2D eigenvalue weighted by Crippen LogP contribution is 2.30. The van der Waals surface area contributed by atoms with Crippen molar-refractivity contribution in [2.75, 3.05) is 32.8 Å². The summed E-state index contributed by atoms with van der Waals surface area (Å²) >= 11 is 0. The van der Waals surface area contributed by atoms with E-state index in [-0.39, 0.29) is 17.5 Å². The minimum Gasteiger partial charge on any atom is -0.493 e. The van der Waals surface area contributed by atoms with Crippen LogP contribution in [0.3, 0.4) is 0 Å². The molecule has 1 aromatic carbocycles. The number of hydrogen-bond acceptors (Lipinski definition) is 5. The predicted octanol–water partition coefficient (Wildman–Crippen LogP) is 1.79. The van der Waals surface area contributed by atoms with E-state index in [0.717, 1.165) is 5.56 Å². The highest BCUT2D eigenvalue weighted by molar-refractivity contribution is 7.91. The molecule has 1 N–H and O–H groups in total. The van der Waals surface area contributed by atoms with E-state index in [1.54, 1.807) is 27.3 Å². The van der Waals surface area contributed by atoms with Crippen LogP contribution in [0.2, 0.25) is 0 Å². The van der Waals surface area contributed by atoms with Crippen LogP contribution in [0.1, 0.15) is 24.9 Å². The second-order valence-corrected chi connectivity index (χ2v) is 6.80. The third kappa shape index (κ3) is 4.38. The van der Waals surface area contributed by atoms with Gasteiger partial charge in [0.15, 0.2) is 21.3 Å². The van der Waals surface area contributed by atoms with Gasteiger partial charge in [0.05, 0.1) is 20.0 Å². The van der Waals surface area contributed by atoms with Crippen LogP contribution in [-0.2, 0) is 9.84 Å². The number of nitrogens with one attached hydrogen (secondary N) is 1. The summed E-state index contributed by atoms with van der Waals surface area (Å²) in [6, 6.07) is 5.18. The molecule has 0 radical (unpaired) electrons. The van der Waals surface area contributed by atoms with Crippen LogP contribution in [0.4, 0.5) is 0 Å². The maximum Gasteiger partial charge on any atom is 0.161 e. The first-order chi connectivity index (χ1) is 9.47. The lowest BCUT2D eigenvalue weighted by molar-refractivity contribution is 0.354. The smallest absolute Gasteiger partial charge is 0.161 e. The number of hydrogen-bond donors (Lipinski definition) is 1. The van der Waals surface area contributed by atoms with Crippen LogP contribution in [0, 0.1) is 0 Å². The maximum atomic E-state index is 12.0. The molecule has 6 heteroatoms. The Morgan fingerprint density at radius 3 is 2.35 bits per heavy atom. The Hall–Kier alpha value is -1.27. The maximum absolute atomic E-state index is 12.0. The van der Waals surface area contributed by atoms with E-state index in [9.17, 15) is 8.42 Å². The molecule has 0 aromatic heterocycles. The van der Waals surface area contributed by atoms with Crippen molar-refractivity contribution in [3.63, 3.8) is 0 Å². The molecule has 0 aliphatic heterocycles. The Morgan fingerprint density at radius 1 is 1.20 bits per heavy atom. The van der Waals surface area contributed by atoms with Crippen LogP contribution >= 0.6 is 0 Å². The standard InChI is InChI=1S/C14H23NO4S/c1-5-8-20(16,17)10-12(15-2)11-6-7-13(18-3)14(9-11)19-4/h6-7,9,12,15H,5,8,10H2,1-4H3. The zero-order chi connectivity index (χ0) is 15.2. The first-order valence-electron chi connectivity index (χ1n) is 6.57. The Bertz CT molecular complexity index is 528. The summed E-state index contributed by atoms with van der Waals surface area (Å²) in [5, 5.41) is 3.05. The molecule has 0 aliphatic rings. The van der Waals surface area contributed by atoms with Gasteiger partial charge in [-0.15, -0.1) is 0 Å². The lowest BCUT2D eigenvalue weighted by Crippen LogP contribution is -2.26. The van der Waals surface area contributed by atoms with Crippen LogP contribution < -0.4 is 14.8 Å². The molecule has 0 heterocycles. The first-order valence-corrected chi connectivity index (χ1v) is 8.39. The molecule has 0 spiro atoms. The molecule has 5 nitrogen and oxygen atoms in total.